The molecule has 156 valence electrons. The van der Waals surface area contributed by atoms with E-state index < -0.39 is 15.8 Å². The summed E-state index contributed by atoms with van der Waals surface area (Å²) in [4.78, 5) is 19.9. The van der Waals surface area contributed by atoms with Gasteiger partial charge in [0.1, 0.15) is 0 Å². The lowest BCUT2D eigenvalue weighted by molar-refractivity contribution is 0.0988. The second-order valence-corrected chi connectivity index (χ2v) is 8.17. The van der Waals surface area contributed by atoms with Gasteiger partial charge in [-0.2, -0.15) is 4.98 Å². The number of nitrogens with zero attached hydrogens (tertiary/aromatic N) is 2. The molecule has 0 spiro atoms. The minimum Gasteiger partial charge on any atom is -0.336 e. The van der Waals surface area contributed by atoms with E-state index in [9.17, 15) is 17.6 Å². The first-order chi connectivity index (χ1) is 14.2. The average molecular weight is 429 g/mol. The number of hydrogen-bond donors (Lipinski definition) is 3. The Balaban J connectivity index is 1.86. The third kappa shape index (κ3) is 5.51. The number of aromatic nitrogens is 2. The number of anilines is 5. The predicted molar refractivity (Wildman–Crippen MR) is 115 cm³/mol. The Labute approximate surface area is 173 Å². The maximum Gasteiger partial charge on any atom is 0.229 e. The number of ketones is 1. The number of hydrogen-bond acceptors (Lipinski definition) is 7. The monoisotopic (exact) mass is 429 g/mol. The summed E-state index contributed by atoms with van der Waals surface area (Å²) in [6.07, 6.45) is 2.39. The molecule has 0 saturated heterocycles. The zero-order chi connectivity index (χ0) is 21.7. The zero-order valence-electron chi connectivity index (χ0n) is 16.3. The van der Waals surface area contributed by atoms with Gasteiger partial charge in [0.15, 0.2) is 17.4 Å². The molecule has 30 heavy (non-hydrogen) atoms. The molecule has 3 rings (SSSR count). The van der Waals surface area contributed by atoms with E-state index in [1.54, 1.807) is 49.4 Å². The molecular formula is C20H20FN5O3S. The molecule has 0 aliphatic heterocycles. The molecule has 0 radical (unpaired) electrons. The van der Waals surface area contributed by atoms with E-state index in [2.05, 4.69) is 25.3 Å². The van der Waals surface area contributed by atoms with Gasteiger partial charge in [-0.05, 0) is 24.3 Å². The lowest BCUT2D eigenvalue weighted by atomic mass is 10.1. The molecule has 2 aromatic carbocycles. The SMILES string of the molecule is CCC(=O)c1cccc(Nc2ncc(F)c(Nc3ccccc3NS(C)(=O)=O)n2)c1. The molecule has 0 saturated carbocycles. The predicted octanol–water partition coefficient (Wildman–Crippen LogP) is 4.07. The molecule has 3 aromatic rings. The number of carbonyl (C=O) groups excluding carboxylic acids is 1. The number of para-hydroxylation sites is 2. The normalized spacial score (nSPS) is 11.0. The lowest BCUT2D eigenvalue weighted by Gasteiger charge is -2.13. The molecule has 0 bridgehead atoms. The Morgan fingerprint density at radius 3 is 2.50 bits per heavy atom. The van der Waals surface area contributed by atoms with Gasteiger partial charge in [0, 0.05) is 17.7 Å². The number of benzene rings is 2. The number of nitrogens with one attached hydrogen (secondary N) is 3. The van der Waals surface area contributed by atoms with Gasteiger partial charge in [-0.15, -0.1) is 0 Å². The van der Waals surface area contributed by atoms with Gasteiger partial charge < -0.3 is 10.6 Å². The standard InChI is InChI=1S/C20H20FN5O3S/c1-3-18(27)13-7-6-8-14(11-13)23-20-22-12-15(21)19(25-20)24-16-9-4-5-10-17(16)26-30(2,28)29/h4-12,26H,3H2,1-2H3,(H2,22,23,24,25). The molecular weight excluding hydrogens is 409 g/mol. The van der Waals surface area contributed by atoms with Gasteiger partial charge >= 0.3 is 0 Å². The smallest absolute Gasteiger partial charge is 0.229 e. The van der Waals surface area contributed by atoms with Crippen molar-refractivity contribution in [2.75, 3.05) is 21.6 Å². The maximum absolute atomic E-state index is 14.3. The fourth-order valence-electron chi connectivity index (χ4n) is 2.63. The summed E-state index contributed by atoms with van der Waals surface area (Å²) < 4.78 is 39.8. The van der Waals surface area contributed by atoms with Crippen LogP contribution in [0.1, 0.15) is 23.7 Å². The summed E-state index contributed by atoms with van der Waals surface area (Å²) in [5.41, 5.74) is 1.69. The van der Waals surface area contributed by atoms with Crippen LogP contribution in [0, 0.1) is 5.82 Å². The Morgan fingerprint density at radius 1 is 1.07 bits per heavy atom. The summed E-state index contributed by atoms with van der Waals surface area (Å²) >= 11 is 0. The van der Waals surface area contributed by atoms with Gasteiger partial charge in [0.05, 0.1) is 23.8 Å². The zero-order valence-corrected chi connectivity index (χ0v) is 17.1. The number of halogens is 1. The van der Waals surface area contributed by atoms with E-state index in [-0.39, 0.29) is 23.2 Å². The third-order valence-corrected chi connectivity index (χ3v) is 4.57. The van der Waals surface area contributed by atoms with Crippen molar-refractivity contribution < 1.29 is 17.6 Å². The van der Waals surface area contributed by atoms with Crippen molar-refractivity contribution in [1.29, 1.82) is 0 Å². The van der Waals surface area contributed by atoms with E-state index in [0.29, 0.717) is 23.4 Å². The van der Waals surface area contributed by atoms with Gasteiger partial charge in [-0.1, -0.05) is 31.2 Å². The highest BCUT2D eigenvalue weighted by Crippen LogP contribution is 2.27. The number of Topliss-reactive ketones (excluding diaryl/α,β-unsaturated/α-hetero) is 1. The molecule has 3 N–H and O–H groups in total. The first-order valence-corrected chi connectivity index (χ1v) is 10.9. The fraction of sp³-hybridized carbons (Fsp3) is 0.150. The molecule has 8 nitrogen and oxygen atoms in total. The highest BCUT2D eigenvalue weighted by Gasteiger charge is 2.12. The Hall–Kier alpha value is -3.53. The molecule has 1 aromatic heterocycles. The van der Waals surface area contributed by atoms with Crippen LogP contribution in [-0.2, 0) is 10.0 Å². The van der Waals surface area contributed by atoms with E-state index in [1.807, 2.05) is 0 Å². The van der Waals surface area contributed by atoms with Crippen LogP contribution in [0.2, 0.25) is 0 Å². The van der Waals surface area contributed by atoms with E-state index in [0.717, 1.165) is 12.5 Å². The van der Waals surface area contributed by atoms with E-state index in [1.165, 1.54) is 6.07 Å². The highest BCUT2D eigenvalue weighted by atomic mass is 32.2. The summed E-state index contributed by atoms with van der Waals surface area (Å²) in [5.74, 6) is -0.759. The van der Waals surface area contributed by atoms with Crippen LogP contribution < -0.4 is 15.4 Å². The number of rotatable bonds is 8. The Morgan fingerprint density at radius 2 is 1.80 bits per heavy atom. The quantitative estimate of drug-likeness (QED) is 0.463. The number of sulfonamides is 1. The molecule has 0 atom stereocenters. The van der Waals surface area contributed by atoms with Crippen molar-refractivity contribution in [3.8, 4) is 0 Å². The van der Waals surface area contributed by atoms with Crippen molar-refractivity contribution in [1.82, 2.24) is 9.97 Å². The van der Waals surface area contributed by atoms with E-state index in [4.69, 9.17) is 0 Å². The van der Waals surface area contributed by atoms with Crippen LogP contribution in [0.5, 0.6) is 0 Å². The number of carbonyl (C=O) groups is 1. The molecule has 0 aliphatic rings. The summed E-state index contributed by atoms with van der Waals surface area (Å²) in [5, 5.41) is 5.72. The Kier molecular flexibility index (Phi) is 6.26. The molecule has 1 heterocycles. The van der Waals surface area contributed by atoms with E-state index >= 15 is 0 Å². The van der Waals surface area contributed by atoms with Crippen LogP contribution >= 0.6 is 0 Å². The second-order valence-electron chi connectivity index (χ2n) is 6.42. The summed E-state index contributed by atoms with van der Waals surface area (Å²) in [6, 6.07) is 13.3. The highest BCUT2D eigenvalue weighted by molar-refractivity contribution is 7.92. The lowest BCUT2D eigenvalue weighted by Crippen LogP contribution is -2.11. The topological polar surface area (TPSA) is 113 Å². The van der Waals surface area contributed by atoms with Crippen molar-refractivity contribution in [3.05, 3.63) is 66.1 Å². The van der Waals surface area contributed by atoms with Crippen molar-refractivity contribution in [2.24, 2.45) is 0 Å². The van der Waals surface area contributed by atoms with Crippen LogP contribution in [-0.4, -0.2) is 30.4 Å². The molecule has 0 fully saturated rings. The van der Waals surface area contributed by atoms with Gasteiger partial charge in [0.25, 0.3) is 0 Å². The molecule has 0 aliphatic carbocycles. The molecule has 10 heteroatoms. The Bertz CT molecular complexity index is 1180. The third-order valence-electron chi connectivity index (χ3n) is 3.98. The second kappa shape index (κ2) is 8.87. The minimum absolute atomic E-state index is 0.00369. The van der Waals surface area contributed by atoms with Crippen LogP contribution in [0.4, 0.5) is 33.2 Å². The van der Waals surface area contributed by atoms with Crippen molar-refractivity contribution in [3.63, 3.8) is 0 Å². The largest absolute Gasteiger partial charge is 0.336 e. The summed E-state index contributed by atoms with van der Waals surface area (Å²) in [7, 11) is -3.52. The minimum atomic E-state index is -3.52. The van der Waals surface area contributed by atoms with Gasteiger partial charge in [-0.3, -0.25) is 9.52 Å². The van der Waals surface area contributed by atoms with Crippen LogP contribution in [0.25, 0.3) is 0 Å². The van der Waals surface area contributed by atoms with Gasteiger partial charge in [0.2, 0.25) is 16.0 Å². The maximum atomic E-state index is 14.3. The summed E-state index contributed by atoms with van der Waals surface area (Å²) in [6.45, 7) is 1.78. The molecule has 0 unspecified atom stereocenters. The molecule has 0 amide bonds. The fourth-order valence-corrected chi connectivity index (χ4v) is 3.20. The van der Waals surface area contributed by atoms with Crippen molar-refractivity contribution >= 4 is 44.6 Å². The first kappa shape index (κ1) is 21.2. The van der Waals surface area contributed by atoms with Gasteiger partial charge in [-0.25, -0.2) is 17.8 Å². The van der Waals surface area contributed by atoms with Crippen LogP contribution in [0.15, 0.2) is 54.7 Å². The van der Waals surface area contributed by atoms with Crippen molar-refractivity contribution in [2.45, 2.75) is 13.3 Å². The first-order valence-electron chi connectivity index (χ1n) is 9.02. The average Bonchev–Trinajstić information content (AvgIpc) is 2.70. The van der Waals surface area contributed by atoms with Crippen LogP contribution in [0.3, 0.4) is 0 Å².